The molecule has 3 nitrogen and oxygen atoms in total. The molecule has 0 unspecified atom stereocenters. The third-order valence-electron chi connectivity index (χ3n) is 6.49. The summed E-state index contributed by atoms with van der Waals surface area (Å²) in [5, 5.41) is 1.13. The maximum Gasteiger partial charge on any atom is 0.129 e. The maximum absolute atomic E-state index is 14.1. The van der Waals surface area contributed by atoms with Gasteiger partial charge in [0.15, 0.2) is 0 Å². The highest BCUT2D eigenvalue weighted by Gasteiger charge is 2.26. The highest BCUT2D eigenvalue weighted by molar-refractivity contribution is 5.92. The van der Waals surface area contributed by atoms with E-state index in [9.17, 15) is 4.39 Å². The standard InChI is InChI=1S/C28H28FNO2.C2H6/c1-19-17-23(11-12-24(19)29)30-25-9-6-10-26(32-18-21-7-4-3-5-8-21)27(25)20(2)28(30)22-13-15-31-16-14-22;1-2/h3-12,17,22H,13-16,18H2,1-2H3;1-2H3. The van der Waals surface area contributed by atoms with Gasteiger partial charge in [-0.15, -0.1) is 0 Å². The molecule has 1 aliphatic rings. The van der Waals surface area contributed by atoms with Crippen molar-refractivity contribution in [2.75, 3.05) is 13.2 Å². The first kappa shape index (κ1) is 24.0. The van der Waals surface area contributed by atoms with Crippen LogP contribution in [-0.4, -0.2) is 17.8 Å². The summed E-state index contributed by atoms with van der Waals surface area (Å²) in [6, 6.07) is 21.8. The van der Waals surface area contributed by atoms with Gasteiger partial charge < -0.3 is 14.0 Å². The molecular formula is C30H34FNO2. The van der Waals surface area contributed by atoms with Gasteiger partial charge in [-0.25, -0.2) is 4.39 Å². The number of aromatic nitrogens is 1. The summed E-state index contributed by atoms with van der Waals surface area (Å²) in [4.78, 5) is 0. The Labute approximate surface area is 202 Å². The van der Waals surface area contributed by atoms with Gasteiger partial charge in [-0.3, -0.25) is 0 Å². The van der Waals surface area contributed by atoms with E-state index in [0.29, 0.717) is 18.1 Å². The van der Waals surface area contributed by atoms with Crippen LogP contribution in [-0.2, 0) is 11.3 Å². The van der Waals surface area contributed by atoms with E-state index in [1.54, 1.807) is 6.07 Å². The fourth-order valence-electron chi connectivity index (χ4n) is 4.87. The molecule has 34 heavy (non-hydrogen) atoms. The molecule has 4 aromatic rings. The molecule has 1 saturated heterocycles. The molecule has 178 valence electrons. The van der Waals surface area contributed by atoms with Crippen molar-refractivity contribution in [1.29, 1.82) is 0 Å². The second kappa shape index (κ2) is 10.9. The van der Waals surface area contributed by atoms with Crippen LogP contribution in [0.5, 0.6) is 5.75 Å². The molecule has 0 aliphatic carbocycles. The predicted octanol–water partition coefficient (Wildman–Crippen LogP) is 7.89. The molecule has 2 heterocycles. The van der Waals surface area contributed by atoms with E-state index in [0.717, 1.165) is 54.0 Å². The topological polar surface area (TPSA) is 23.4 Å². The molecule has 1 fully saturated rings. The van der Waals surface area contributed by atoms with E-state index in [1.807, 2.05) is 63.2 Å². The number of hydrogen-bond donors (Lipinski definition) is 0. The van der Waals surface area contributed by atoms with Crippen molar-refractivity contribution in [3.05, 3.63) is 94.9 Å². The minimum atomic E-state index is -0.179. The van der Waals surface area contributed by atoms with E-state index in [-0.39, 0.29) is 5.82 Å². The van der Waals surface area contributed by atoms with Gasteiger partial charge in [-0.2, -0.15) is 0 Å². The monoisotopic (exact) mass is 459 g/mol. The number of fused-ring (bicyclic) bond motifs is 1. The molecule has 0 amide bonds. The first-order valence-electron chi connectivity index (χ1n) is 12.3. The van der Waals surface area contributed by atoms with Crippen molar-refractivity contribution in [3.8, 4) is 11.4 Å². The third kappa shape index (κ3) is 4.74. The zero-order valence-electron chi connectivity index (χ0n) is 20.6. The summed E-state index contributed by atoms with van der Waals surface area (Å²) in [6.07, 6.45) is 1.97. The molecule has 3 aromatic carbocycles. The molecular weight excluding hydrogens is 425 g/mol. The average molecular weight is 460 g/mol. The summed E-state index contributed by atoms with van der Waals surface area (Å²) in [5.41, 5.74) is 6.39. The van der Waals surface area contributed by atoms with E-state index in [4.69, 9.17) is 9.47 Å². The van der Waals surface area contributed by atoms with Crippen LogP contribution in [0.25, 0.3) is 16.6 Å². The zero-order valence-corrected chi connectivity index (χ0v) is 20.6. The fourth-order valence-corrected chi connectivity index (χ4v) is 4.87. The van der Waals surface area contributed by atoms with Gasteiger partial charge >= 0.3 is 0 Å². The van der Waals surface area contributed by atoms with Gasteiger partial charge in [-0.1, -0.05) is 50.2 Å². The number of rotatable bonds is 5. The molecule has 0 spiro atoms. The summed E-state index contributed by atoms with van der Waals surface area (Å²) in [5.74, 6) is 1.10. The Morgan fingerprint density at radius 2 is 1.68 bits per heavy atom. The number of aryl methyl sites for hydroxylation is 2. The van der Waals surface area contributed by atoms with Crippen molar-refractivity contribution in [3.63, 3.8) is 0 Å². The predicted molar refractivity (Wildman–Crippen MR) is 138 cm³/mol. The first-order chi connectivity index (χ1) is 16.6. The van der Waals surface area contributed by atoms with Crippen LogP contribution < -0.4 is 4.74 Å². The average Bonchev–Trinajstić information content (AvgIpc) is 3.19. The first-order valence-corrected chi connectivity index (χ1v) is 12.3. The lowest BCUT2D eigenvalue weighted by atomic mass is 9.93. The molecule has 0 saturated carbocycles. The summed E-state index contributed by atoms with van der Waals surface area (Å²) < 4.78 is 28.3. The Morgan fingerprint density at radius 3 is 2.38 bits per heavy atom. The van der Waals surface area contributed by atoms with Gasteiger partial charge in [0.25, 0.3) is 0 Å². The van der Waals surface area contributed by atoms with Crippen LogP contribution >= 0.6 is 0 Å². The highest BCUT2D eigenvalue weighted by atomic mass is 19.1. The van der Waals surface area contributed by atoms with Crippen molar-refractivity contribution in [2.45, 2.75) is 53.1 Å². The molecule has 0 bridgehead atoms. The van der Waals surface area contributed by atoms with E-state index in [2.05, 4.69) is 29.7 Å². The maximum atomic E-state index is 14.1. The smallest absolute Gasteiger partial charge is 0.129 e. The second-order valence-electron chi connectivity index (χ2n) is 8.59. The molecule has 0 radical (unpaired) electrons. The number of ether oxygens (including phenoxy) is 2. The lowest BCUT2D eigenvalue weighted by Gasteiger charge is -2.25. The lowest BCUT2D eigenvalue weighted by molar-refractivity contribution is 0.0841. The molecule has 0 N–H and O–H groups in total. The van der Waals surface area contributed by atoms with Crippen molar-refractivity contribution in [2.24, 2.45) is 0 Å². The molecule has 4 heteroatoms. The van der Waals surface area contributed by atoms with Crippen LogP contribution in [0.2, 0.25) is 0 Å². The quantitative estimate of drug-likeness (QED) is 0.303. The van der Waals surface area contributed by atoms with Crippen LogP contribution in [0.1, 0.15) is 55.0 Å². The highest BCUT2D eigenvalue weighted by Crippen LogP contribution is 2.41. The number of nitrogens with zero attached hydrogens (tertiary/aromatic N) is 1. The van der Waals surface area contributed by atoms with Crippen LogP contribution in [0, 0.1) is 19.7 Å². The zero-order chi connectivity index (χ0) is 24.1. The fraction of sp³-hybridized carbons (Fsp3) is 0.333. The molecule has 1 aliphatic heterocycles. The van der Waals surface area contributed by atoms with Crippen molar-refractivity contribution < 1.29 is 13.9 Å². The minimum Gasteiger partial charge on any atom is -0.488 e. The SMILES string of the molecule is CC.Cc1cc(-n2c(C3CCOCC3)c(C)c3c(OCc4ccccc4)cccc32)ccc1F. The largest absolute Gasteiger partial charge is 0.488 e. The normalized spacial score (nSPS) is 14.0. The Morgan fingerprint density at radius 1 is 0.941 bits per heavy atom. The van der Waals surface area contributed by atoms with E-state index in [1.165, 1.54) is 11.3 Å². The Kier molecular flexibility index (Phi) is 7.69. The Balaban J connectivity index is 0.00000133. The van der Waals surface area contributed by atoms with Crippen LogP contribution in [0.3, 0.4) is 0 Å². The summed E-state index contributed by atoms with van der Waals surface area (Å²) in [6.45, 7) is 10.1. The van der Waals surface area contributed by atoms with Gasteiger partial charge in [0.1, 0.15) is 18.2 Å². The lowest BCUT2D eigenvalue weighted by Crippen LogP contribution is -2.17. The van der Waals surface area contributed by atoms with Gasteiger partial charge in [0.2, 0.25) is 0 Å². The Hall–Kier alpha value is -3.11. The van der Waals surface area contributed by atoms with E-state index >= 15 is 0 Å². The second-order valence-corrected chi connectivity index (χ2v) is 8.59. The van der Waals surface area contributed by atoms with E-state index < -0.39 is 0 Å². The minimum absolute atomic E-state index is 0.179. The summed E-state index contributed by atoms with van der Waals surface area (Å²) in [7, 11) is 0. The number of benzene rings is 3. The van der Waals surface area contributed by atoms with Crippen molar-refractivity contribution >= 4 is 10.9 Å². The number of halogens is 1. The van der Waals surface area contributed by atoms with Crippen LogP contribution in [0.15, 0.2) is 66.7 Å². The van der Waals surface area contributed by atoms with Crippen LogP contribution in [0.4, 0.5) is 4.39 Å². The third-order valence-corrected chi connectivity index (χ3v) is 6.49. The van der Waals surface area contributed by atoms with Gasteiger partial charge in [0, 0.05) is 35.9 Å². The summed E-state index contributed by atoms with van der Waals surface area (Å²) >= 11 is 0. The van der Waals surface area contributed by atoms with Gasteiger partial charge in [-0.05, 0) is 73.7 Å². The molecule has 0 atom stereocenters. The Bertz CT molecular complexity index is 1240. The number of hydrogen-bond acceptors (Lipinski definition) is 2. The molecule has 1 aromatic heterocycles. The van der Waals surface area contributed by atoms with Gasteiger partial charge in [0.05, 0.1) is 5.52 Å². The molecule has 5 rings (SSSR count). The van der Waals surface area contributed by atoms with Crippen molar-refractivity contribution in [1.82, 2.24) is 4.57 Å².